The summed E-state index contributed by atoms with van der Waals surface area (Å²) in [6.45, 7) is 2.74. The van der Waals surface area contributed by atoms with E-state index in [1.165, 1.54) is 5.56 Å². The van der Waals surface area contributed by atoms with Gasteiger partial charge in [-0.15, -0.1) is 0 Å². The van der Waals surface area contributed by atoms with E-state index in [1.807, 2.05) is 18.2 Å². The zero-order valence-corrected chi connectivity index (χ0v) is 16.1. The fraction of sp³-hybridized carbons (Fsp3) is 0.500. The molecular formula is C22H27N5O. The summed E-state index contributed by atoms with van der Waals surface area (Å²) >= 11 is 0. The van der Waals surface area contributed by atoms with Gasteiger partial charge in [0.2, 0.25) is 11.9 Å². The molecule has 1 aromatic carbocycles. The molecule has 2 aliphatic heterocycles. The first-order valence-electron chi connectivity index (χ1n) is 10.3. The Kier molecular flexibility index (Phi) is 4.22. The van der Waals surface area contributed by atoms with E-state index < -0.39 is 0 Å². The quantitative estimate of drug-likeness (QED) is 0.890. The van der Waals surface area contributed by atoms with E-state index >= 15 is 0 Å². The molecule has 0 bridgehead atoms. The highest BCUT2D eigenvalue weighted by molar-refractivity contribution is 5.85. The number of likely N-dealkylation sites (tertiary alicyclic amines) is 1. The fourth-order valence-corrected chi connectivity index (χ4v) is 4.92. The maximum Gasteiger partial charge on any atom is 0.230 e. The number of hydrogen-bond donors (Lipinski definition) is 1. The molecule has 2 aromatic rings. The summed E-state index contributed by atoms with van der Waals surface area (Å²) in [6.07, 6.45) is 7.11. The molecule has 3 heterocycles. The van der Waals surface area contributed by atoms with Crippen molar-refractivity contribution in [2.45, 2.75) is 44.1 Å². The van der Waals surface area contributed by atoms with Crippen molar-refractivity contribution in [2.75, 3.05) is 30.3 Å². The van der Waals surface area contributed by atoms with Crippen LogP contribution in [-0.4, -0.2) is 46.5 Å². The van der Waals surface area contributed by atoms with Gasteiger partial charge in [-0.25, -0.2) is 4.98 Å². The number of nitrogens with two attached hydrogens (primary N) is 1. The second kappa shape index (κ2) is 6.76. The van der Waals surface area contributed by atoms with Gasteiger partial charge in [-0.2, -0.15) is 4.98 Å². The van der Waals surface area contributed by atoms with Gasteiger partial charge < -0.3 is 15.5 Å². The molecule has 0 radical (unpaired) electrons. The Morgan fingerprint density at radius 3 is 2.50 bits per heavy atom. The smallest absolute Gasteiger partial charge is 0.230 e. The Morgan fingerprint density at radius 1 is 1.07 bits per heavy atom. The van der Waals surface area contributed by atoms with Crippen molar-refractivity contribution in [3.8, 4) is 0 Å². The summed E-state index contributed by atoms with van der Waals surface area (Å²) in [5.41, 5.74) is 7.19. The molecule has 2 saturated heterocycles. The summed E-state index contributed by atoms with van der Waals surface area (Å²) in [5.74, 6) is 1.56. The van der Waals surface area contributed by atoms with Crippen LogP contribution in [0.1, 0.15) is 43.6 Å². The minimum atomic E-state index is -0.00859. The summed E-state index contributed by atoms with van der Waals surface area (Å²) < 4.78 is 0. The lowest BCUT2D eigenvalue weighted by molar-refractivity contribution is -0.141. The lowest BCUT2D eigenvalue weighted by Gasteiger charge is -2.50. The van der Waals surface area contributed by atoms with Gasteiger partial charge in [0, 0.05) is 31.9 Å². The summed E-state index contributed by atoms with van der Waals surface area (Å²) in [4.78, 5) is 26.5. The molecule has 28 heavy (non-hydrogen) atoms. The first-order chi connectivity index (χ1) is 13.6. The predicted octanol–water partition coefficient (Wildman–Crippen LogP) is 2.82. The molecule has 5 rings (SSSR count). The van der Waals surface area contributed by atoms with Gasteiger partial charge in [-0.1, -0.05) is 30.3 Å². The summed E-state index contributed by atoms with van der Waals surface area (Å²) in [7, 11) is 0. The van der Waals surface area contributed by atoms with Crippen molar-refractivity contribution in [3.63, 3.8) is 0 Å². The standard InChI is InChI=1S/C22H27N5O/c23-19-8-11-24-21(25-19)26-12-9-22(10-13-26)14-18(16-4-2-1-3-5-16)20(28)27(15-22)17-6-7-17/h1-5,8,11,17-18H,6-7,9-10,12-15H2,(H2,23,24,25)/t18-/m1/s1. The van der Waals surface area contributed by atoms with E-state index in [0.29, 0.717) is 17.8 Å². The largest absolute Gasteiger partial charge is 0.384 e. The van der Waals surface area contributed by atoms with Crippen LogP contribution in [0, 0.1) is 5.41 Å². The predicted molar refractivity (Wildman–Crippen MR) is 109 cm³/mol. The highest BCUT2D eigenvalue weighted by Gasteiger charge is 2.49. The minimum absolute atomic E-state index is 0.00859. The van der Waals surface area contributed by atoms with Gasteiger partial charge >= 0.3 is 0 Å². The fourth-order valence-electron chi connectivity index (χ4n) is 4.92. The lowest BCUT2D eigenvalue weighted by Crippen LogP contribution is -2.54. The number of amides is 1. The Morgan fingerprint density at radius 2 is 1.82 bits per heavy atom. The van der Waals surface area contributed by atoms with Gasteiger partial charge in [0.15, 0.2) is 0 Å². The number of rotatable bonds is 3. The molecule has 1 atom stereocenters. The van der Waals surface area contributed by atoms with E-state index in [1.54, 1.807) is 12.3 Å². The SMILES string of the molecule is Nc1ccnc(N2CCC3(CC2)C[C@H](c2ccccc2)C(=O)N(C2CC2)C3)n1. The third kappa shape index (κ3) is 3.21. The number of nitrogens with zero attached hydrogens (tertiary/aromatic N) is 4. The topological polar surface area (TPSA) is 75.3 Å². The summed E-state index contributed by atoms with van der Waals surface area (Å²) in [6, 6.07) is 12.5. The number of carbonyl (C=O) groups is 1. The third-order valence-electron chi connectivity index (χ3n) is 6.68. The maximum atomic E-state index is 13.2. The molecule has 3 aliphatic rings. The van der Waals surface area contributed by atoms with Crippen LogP contribution in [0.2, 0.25) is 0 Å². The van der Waals surface area contributed by atoms with E-state index in [-0.39, 0.29) is 11.3 Å². The van der Waals surface area contributed by atoms with Crippen LogP contribution < -0.4 is 10.6 Å². The Balaban J connectivity index is 1.37. The number of carbonyl (C=O) groups excluding carboxylic acids is 1. The number of hydrogen-bond acceptors (Lipinski definition) is 5. The molecule has 6 nitrogen and oxygen atoms in total. The van der Waals surface area contributed by atoms with Crippen LogP contribution >= 0.6 is 0 Å². The second-order valence-electron chi connectivity index (χ2n) is 8.63. The van der Waals surface area contributed by atoms with Gasteiger partial charge in [-0.05, 0) is 49.1 Å². The van der Waals surface area contributed by atoms with Crippen molar-refractivity contribution in [1.82, 2.24) is 14.9 Å². The van der Waals surface area contributed by atoms with Crippen LogP contribution in [0.5, 0.6) is 0 Å². The van der Waals surface area contributed by atoms with Crippen molar-refractivity contribution in [2.24, 2.45) is 5.41 Å². The molecule has 1 amide bonds. The van der Waals surface area contributed by atoms with Crippen molar-refractivity contribution in [3.05, 3.63) is 48.2 Å². The van der Waals surface area contributed by atoms with Gasteiger partial charge in [-0.3, -0.25) is 4.79 Å². The number of aromatic nitrogens is 2. The van der Waals surface area contributed by atoms with Gasteiger partial charge in [0.25, 0.3) is 0 Å². The number of nitrogen functional groups attached to an aromatic ring is 1. The molecule has 146 valence electrons. The molecule has 3 fully saturated rings. The average molecular weight is 377 g/mol. The maximum absolute atomic E-state index is 13.2. The van der Waals surface area contributed by atoms with Crippen molar-refractivity contribution in [1.29, 1.82) is 0 Å². The van der Waals surface area contributed by atoms with Crippen LogP contribution in [0.25, 0.3) is 0 Å². The normalized spacial score (nSPS) is 24.6. The molecule has 6 heteroatoms. The van der Waals surface area contributed by atoms with Gasteiger partial charge in [0.1, 0.15) is 5.82 Å². The zero-order valence-electron chi connectivity index (χ0n) is 16.1. The van der Waals surface area contributed by atoms with E-state index in [4.69, 9.17) is 5.73 Å². The summed E-state index contributed by atoms with van der Waals surface area (Å²) in [5, 5.41) is 0. The minimum Gasteiger partial charge on any atom is -0.384 e. The first-order valence-corrected chi connectivity index (χ1v) is 10.3. The van der Waals surface area contributed by atoms with E-state index in [0.717, 1.165) is 57.7 Å². The molecule has 1 aliphatic carbocycles. The Hall–Kier alpha value is -2.63. The Labute approximate surface area is 165 Å². The Bertz CT molecular complexity index is 858. The van der Waals surface area contributed by atoms with Crippen LogP contribution in [-0.2, 0) is 4.79 Å². The number of anilines is 2. The zero-order chi connectivity index (χ0) is 19.1. The highest BCUT2D eigenvalue weighted by atomic mass is 16.2. The van der Waals surface area contributed by atoms with Gasteiger partial charge in [0.05, 0.1) is 5.92 Å². The van der Waals surface area contributed by atoms with E-state index in [2.05, 4.69) is 31.9 Å². The van der Waals surface area contributed by atoms with Crippen LogP contribution in [0.15, 0.2) is 42.6 Å². The van der Waals surface area contributed by atoms with E-state index in [9.17, 15) is 4.79 Å². The molecule has 1 aromatic heterocycles. The second-order valence-corrected chi connectivity index (χ2v) is 8.63. The third-order valence-corrected chi connectivity index (χ3v) is 6.68. The molecule has 2 N–H and O–H groups in total. The number of benzene rings is 1. The number of piperidine rings is 2. The molecule has 1 saturated carbocycles. The lowest BCUT2D eigenvalue weighted by atomic mass is 9.67. The van der Waals surface area contributed by atoms with Crippen molar-refractivity contribution >= 4 is 17.7 Å². The average Bonchev–Trinajstić information content (AvgIpc) is 3.56. The van der Waals surface area contributed by atoms with Crippen LogP contribution in [0.4, 0.5) is 11.8 Å². The first kappa shape index (κ1) is 17.5. The van der Waals surface area contributed by atoms with Crippen LogP contribution in [0.3, 0.4) is 0 Å². The molecule has 1 spiro atoms. The molecular weight excluding hydrogens is 350 g/mol. The highest BCUT2D eigenvalue weighted by Crippen LogP contribution is 2.48. The monoisotopic (exact) mass is 377 g/mol. The van der Waals surface area contributed by atoms with Crippen molar-refractivity contribution < 1.29 is 4.79 Å². The molecule has 0 unspecified atom stereocenters.